The molecule has 1 fully saturated rings. The molecular weight excluding hydrogens is 182 g/mol. The van der Waals surface area contributed by atoms with E-state index in [1.807, 2.05) is 4.90 Å². The third kappa shape index (κ3) is 3.33. The second-order valence-corrected chi connectivity index (χ2v) is 3.38. The molecule has 1 saturated heterocycles. The minimum Gasteiger partial charge on any atom is -0.347 e. The van der Waals surface area contributed by atoms with E-state index >= 15 is 0 Å². The summed E-state index contributed by atoms with van der Waals surface area (Å²) in [5, 5.41) is 2.50. The van der Waals surface area contributed by atoms with E-state index in [9.17, 15) is 9.59 Å². The van der Waals surface area contributed by atoms with Gasteiger partial charge in [0.2, 0.25) is 5.91 Å². The number of hydrogen-bond acceptors (Lipinski definition) is 3. The van der Waals surface area contributed by atoms with Gasteiger partial charge in [-0.3, -0.25) is 14.5 Å². The molecule has 1 heterocycles. The van der Waals surface area contributed by atoms with Gasteiger partial charge in [0.25, 0.3) is 0 Å². The first-order valence-corrected chi connectivity index (χ1v) is 4.82. The average Bonchev–Trinajstić information content (AvgIpc) is 2.19. The second kappa shape index (κ2) is 5.59. The van der Waals surface area contributed by atoms with Crippen LogP contribution in [0.25, 0.3) is 0 Å². The topological polar surface area (TPSA) is 52.7 Å². The van der Waals surface area contributed by atoms with E-state index in [4.69, 9.17) is 0 Å². The summed E-state index contributed by atoms with van der Waals surface area (Å²) >= 11 is 0. The number of nitrogens with one attached hydrogen (secondary N) is 1. The van der Waals surface area contributed by atoms with Gasteiger partial charge in [-0.1, -0.05) is 0 Å². The van der Waals surface area contributed by atoms with Gasteiger partial charge in [-0.15, -0.1) is 0 Å². The highest BCUT2D eigenvalue weighted by atomic mass is 16.2. The lowest BCUT2D eigenvalue weighted by molar-refractivity contribution is -0.130. The van der Waals surface area contributed by atoms with E-state index in [2.05, 4.69) is 10.2 Å². The third-order valence-electron chi connectivity index (χ3n) is 2.44. The Morgan fingerprint density at radius 2 is 2.00 bits per heavy atom. The summed E-state index contributed by atoms with van der Waals surface area (Å²) in [5.41, 5.74) is 0. The van der Waals surface area contributed by atoms with E-state index in [0.717, 1.165) is 32.7 Å². The maximum atomic E-state index is 11.0. The van der Waals surface area contributed by atoms with Gasteiger partial charge < -0.3 is 10.2 Å². The van der Waals surface area contributed by atoms with Crippen LogP contribution in [0.5, 0.6) is 0 Å². The molecule has 0 bridgehead atoms. The van der Waals surface area contributed by atoms with Gasteiger partial charge in [0, 0.05) is 46.2 Å². The standard InChI is InChI=1S/C9H16N3O2/c1-9(14)12-6-4-11(5-7-12)3-2-10-8-13/h2-7H2,1H3,(H,10,13). The maximum Gasteiger partial charge on any atom is 0.309 e. The first-order chi connectivity index (χ1) is 6.74. The number of nitrogens with zero attached hydrogens (tertiary/aromatic N) is 2. The van der Waals surface area contributed by atoms with Crippen molar-refractivity contribution in [2.24, 2.45) is 0 Å². The Bertz CT molecular complexity index is 200. The summed E-state index contributed by atoms with van der Waals surface area (Å²) < 4.78 is 0. The molecule has 0 saturated carbocycles. The van der Waals surface area contributed by atoms with Crippen LogP contribution in [0.1, 0.15) is 6.92 Å². The molecule has 1 rings (SSSR count). The van der Waals surface area contributed by atoms with Crippen LogP contribution < -0.4 is 5.32 Å². The zero-order valence-corrected chi connectivity index (χ0v) is 8.45. The number of rotatable bonds is 4. The quantitative estimate of drug-likeness (QED) is 0.456. The highest BCUT2D eigenvalue weighted by Crippen LogP contribution is 2.00. The van der Waals surface area contributed by atoms with E-state index in [-0.39, 0.29) is 5.91 Å². The van der Waals surface area contributed by atoms with E-state index in [1.165, 1.54) is 0 Å². The molecule has 1 aliphatic heterocycles. The fourth-order valence-corrected chi connectivity index (χ4v) is 1.55. The molecule has 0 unspecified atom stereocenters. The van der Waals surface area contributed by atoms with Crippen LogP contribution in [-0.4, -0.2) is 61.4 Å². The van der Waals surface area contributed by atoms with Gasteiger partial charge in [-0.05, 0) is 0 Å². The van der Waals surface area contributed by atoms with Gasteiger partial charge in [0.15, 0.2) is 0 Å². The van der Waals surface area contributed by atoms with Crippen molar-refractivity contribution in [3.8, 4) is 0 Å². The maximum absolute atomic E-state index is 11.0. The van der Waals surface area contributed by atoms with Crippen LogP contribution in [-0.2, 0) is 9.59 Å². The Hall–Kier alpha value is -1.10. The summed E-state index contributed by atoms with van der Waals surface area (Å²) in [4.78, 5) is 25.0. The lowest BCUT2D eigenvalue weighted by Crippen LogP contribution is -2.49. The molecule has 0 aromatic carbocycles. The van der Waals surface area contributed by atoms with Gasteiger partial charge in [-0.25, -0.2) is 0 Å². The van der Waals surface area contributed by atoms with Crippen LogP contribution in [0.4, 0.5) is 0 Å². The molecule has 79 valence electrons. The summed E-state index contributed by atoms with van der Waals surface area (Å²) in [5.74, 6) is 0.143. The van der Waals surface area contributed by atoms with E-state index < -0.39 is 0 Å². The molecular formula is C9H16N3O2. The smallest absolute Gasteiger partial charge is 0.309 e. The molecule has 0 aromatic rings. The Balaban J connectivity index is 2.15. The molecule has 1 aliphatic rings. The molecule has 14 heavy (non-hydrogen) atoms. The Labute approximate surface area is 84.0 Å². The van der Waals surface area contributed by atoms with Crippen molar-refractivity contribution in [2.45, 2.75) is 6.92 Å². The molecule has 1 N–H and O–H groups in total. The fourth-order valence-electron chi connectivity index (χ4n) is 1.55. The monoisotopic (exact) mass is 198 g/mol. The van der Waals surface area contributed by atoms with Gasteiger partial charge in [0.05, 0.1) is 0 Å². The number of amides is 2. The van der Waals surface area contributed by atoms with Crippen LogP contribution >= 0.6 is 0 Å². The number of carbonyl (C=O) groups is 1. The minimum absolute atomic E-state index is 0.143. The van der Waals surface area contributed by atoms with E-state index in [1.54, 1.807) is 13.3 Å². The summed E-state index contributed by atoms with van der Waals surface area (Å²) in [6.45, 7) is 6.42. The molecule has 0 aliphatic carbocycles. The molecule has 0 spiro atoms. The van der Waals surface area contributed by atoms with Gasteiger partial charge in [0.1, 0.15) is 0 Å². The van der Waals surface area contributed by atoms with Crippen molar-refractivity contribution in [3.63, 3.8) is 0 Å². The van der Waals surface area contributed by atoms with Crippen LogP contribution in [0.2, 0.25) is 0 Å². The van der Waals surface area contributed by atoms with Crippen molar-refractivity contribution >= 4 is 12.3 Å². The first-order valence-electron chi connectivity index (χ1n) is 4.82. The first kappa shape index (κ1) is 11.0. The number of hydrogen-bond donors (Lipinski definition) is 1. The van der Waals surface area contributed by atoms with Crippen LogP contribution in [0.15, 0.2) is 0 Å². The van der Waals surface area contributed by atoms with Gasteiger partial charge in [-0.2, -0.15) is 0 Å². The lowest BCUT2D eigenvalue weighted by Gasteiger charge is -2.33. The zero-order valence-electron chi connectivity index (χ0n) is 8.45. The Morgan fingerprint density at radius 3 is 2.50 bits per heavy atom. The Kier molecular flexibility index (Phi) is 4.39. The van der Waals surface area contributed by atoms with Crippen molar-refractivity contribution in [1.29, 1.82) is 0 Å². The predicted octanol–water partition coefficient (Wildman–Crippen LogP) is -1.19. The zero-order chi connectivity index (χ0) is 10.4. The molecule has 0 atom stereocenters. The second-order valence-electron chi connectivity index (χ2n) is 3.38. The summed E-state index contributed by atoms with van der Waals surface area (Å²) in [6, 6.07) is 0. The predicted molar refractivity (Wildman–Crippen MR) is 52.4 cm³/mol. The van der Waals surface area contributed by atoms with Crippen molar-refractivity contribution < 1.29 is 9.59 Å². The van der Waals surface area contributed by atoms with Crippen molar-refractivity contribution in [1.82, 2.24) is 15.1 Å². The van der Waals surface area contributed by atoms with Crippen LogP contribution in [0, 0.1) is 0 Å². The molecule has 0 aromatic heterocycles. The summed E-state index contributed by atoms with van der Waals surface area (Å²) in [7, 11) is 0. The number of carbonyl (C=O) groups excluding carboxylic acids is 2. The Morgan fingerprint density at radius 1 is 1.36 bits per heavy atom. The van der Waals surface area contributed by atoms with Crippen LogP contribution in [0.3, 0.4) is 0 Å². The average molecular weight is 198 g/mol. The third-order valence-corrected chi connectivity index (χ3v) is 2.44. The molecule has 5 heteroatoms. The fraction of sp³-hybridized carbons (Fsp3) is 0.778. The molecule has 2 amide bonds. The highest BCUT2D eigenvalue weighted by Gasteiger charge is 2.17. The van der Waals surface area contributed by atoms with Gasteiger partial charge >= 0.3 is 6.41 Å². The SMILES string of the molecule is CC(=O)N1CCN(CCN[C]=O)CC1. The van der Waals surface area contributed by atoms with Crippen molar-refractivity contribution in [2.75, 3.05) is 39.3 Å². The van der Waals surface area contributed by atoms with E-state index in [0.29, 0.717) is 6.54 Å². The number of piperazine rings is 1. The highest BCUT2D eigenvalue weighted by molar-refractivity contribution is 5.73. The molecule has 1 radical (unpaired) electrons. The van der Waals surface area contributed by atoms with Crippen molar-refractivity contribution in [3.05, 3.63) is 0 Å². The largest absolute Gasteiger partial charge is 0.347 e. The normalized spacial score (nSPS) is 17.9. The molecule has 5 nitrogen and oxygen atoms in total. The summed E-state index contributed by atoms with van der Waals surface area (Å²) in [6.07, 6.45) is 1.64. The lowest BCUT2D eigenvalue weighted by atomic mass is 10.3. The minimum atomic E-state index is 0.143.